The molecule has 1 aromatic heterocycles. The highest BCUT2D eigenvalue weighted by Gasteiger charge is 2.21. The SMILES string of the molecule is Cc1ccsc1C(=O)N(Cc1ccc(C#N)cc1)C(C)C. The molecule has 0 spiro atoms. The van der Waals surface area contributed by atoms with Gasteiger partial charge in [0, 0.05) is 12.6 Å². The fourth-order valence-corrected chi connectivity index (χ4v) is 2.97. The minimum absolute atomic E-state index is 0.0712. The molecular formula is C17H18N2OS. The topological polar surface area (TPSA) is 44.1 Å². The van der Waals surface area contributed by atoms with E-state index in [1.54, 1.807) is 12.1 Å². The summed E-state index contributed by atoms with van der Waals surface area (Å²) in [5.41, 5.74) is 2.69. The Bertz CT molecular complexity index is 665. The van der Waals surface area contributed by atoms with E-state index in [1.807, 2.05) is 49.3 Å². The molecule has 1 heterocycles. The second-order valence-electron chi connectivity index (χ2n) is 5.27. The number of rotatable bonds is 4. The van der Waals surface area contributed by atoms with Crippen molar-refractivity contribution in [1.82, 2.24) is 4.90 Å². The lowest BCUT2D eigenvalue weighted by Gasteiger charge is -2.26. The number of hydrogen-bond donors (Lipinski definition) is 0. The van der Waals surface area contributed by atoms with E-state index in [-0.39, 0.29) is 11.9 Å². The normalized spacial score (nSPS) is 10.4. The van der Waals surface area contributed by atoms with Crippen molar-refractivity contribution in [3.63, 3.8) is 0 Å². The van der Waals surface area contributed by atoms with Crippen LogP contribution >= 0.6 is 11.3 Å². The Morgan fingerprint density at radius 3 is 2.43 bits per heavy atom. The van der Waals surface area contributed by atoms with Gasteiger partial charge in [-0.3, -0.25) is 4.79 Å². The van der Waals surface area contributed by atoms with Crippen LogP contribution in [0.5, 0.6) is 0 Å². The molecule has 0 aliphatic heterocycles. The highest BCUT2D eigenvalue weighted by atomic mass is 32.1. The van der Waals surface area contributed by atoms with E-state index in [2.05, 4.69) is 6.07 Å². The van der Waals surface area contributed by atoms with E-state index < -0.39 is 0 Å². The van der Waals surface area contributed by atoms with Crippen LogP contribution in [0, 0.1) is 18.3 Å². The van der Waals surface area contributed by atoms with Crippen molar-refractivity contribution in [3.05, 3.63) is 57.3 Å². The van der Waals surface area contributed by atoms with E-state index in [4.69, 9.17) is 5.26 Å². The molecule has 0 aliphatic carbocycles. The molecule has 0 atom stereocenters. The summed E-state index contributed by atoms with van der Waals surface area (Å²) in [6.45, 7) is 6.55. The molecule has 108 valence electrons. The van der Waals surface area contributed by atoms with Crippen molar-refractivity contribution in [2.24, 2.45) is 0 Å². The summed E-state index contributed by atoms with van der Waals surface area (Å²) < 4.78 is 0. The summed E-state index contributed by atoms with van der Waals surface area (Å²) in [6.07, 6.45) is 0. The van der Waals surface area contributed by atoms with Gasteiger partial charge in [-0.2, -0.15) is 5.26 Å². The van der Waals surface area contributed by atoms with Gasteiger partial charge in [0.15, 0.2) is 0 Å². The average Bonchev–Trinajstić information content (AvgIpc) is 2.90. The Morgan fingerprint density at radius 2 is 1.95 bits per heavy atom. The molecule has 21 heavy (non-hydrogen) atoms. The van der Waals surface area contributed by atoms with Crippen molar-refractivity contribution in [1.29, 1.82) is 5.26 Å². The van der Waals surface area contributed by atoms with Gasteiger partial charge in [0.05, 0.1) is 16.5 Å². The van der Waals surface area contributed by atoms with E-state index in [1.165, 1.54) is 11.3 Å². The summed E-state index contributed by atoms with van der Waals surface area (Å²) in [5.74, 6) is 0.0712. The third kappa shape index (κ3) is 3.50. The van der Waals surface area contributed by atoms with E-state index >= 15 is 0 Å². The number of benzene rings is 1. The Labute approximate surface area is 129 Å². The second kappa shape index (κ2) is 6.55. The first-order chi connectivity index (χ1) is 10.0. The molecule has 0 saturated heterocycles. The van der Waals surface area contributed by atoms with Crippen LogP contribution in [0.2, 0.25) is 0 Å². The molecule has 1 amide bonds. The van der Waals surface area contributed by atoms with E-state index in [0.717, 1.165) is 16.0 Å². The van der Waals surface area contributed by atoms with Crippen molar-refractivity contribution < 1.29 is 4.79 Å². The van der Waals surface area contributed by atoms with Crippen LogP contribution < -0.4 is 0 Å². The smallest absolute Gasteiger partial charge is 0.264 e. The Balaban J connectivity index is 2.21. The minimum Gasteiger partial charge on any atom is -0.331 e. The van der Waals surface area contributed by atoms with Crippen LogP contribution in [0.4, 0.5) is 0 Å². The molecular weight excluding hydrogens is 280 g/mol. The van der Waals surface area contributed by atoms with Crippen LogP contribution in [0.15, 0.2) is 35.7 Å². The number of nitriles is 1. The van der Waals surface area contributed by atoms with E-state index in [9.17, 15) is 4.79 Å². The highest BCUT2D eigenvalue weighted by molar-refractivity contribution is 7.12. The Kier molecular flexibility index (Phi) is 4.77. The molecule has 0 radical (unpaired) electrons. The summed E-state index contributed by atoms with van der Waals surface area (Å²) in [4.78, 5) is 15.3. The zero-order valence-electron chi connectivity index (χ0n) is 12.5. The average molecular weight is 298 g/mol. The largest absolute Gasteiger partial charge is 0.331 e. The number of hydrogen-bond acceptors (Lipinski definition) is 3. The molecule has 0 saturated carbocycles. The zero-order chi connectivity index (χ0) is 15.4. The molecule has 0 N–H and O–H groups in total. The van der Waals surface area contributed by atoms with E-state index in [0.29, 0.717) is 12.1 Å². The molecule has 0 aliphatic rings. The van der Waals surface area contributed by atoms with Gasteiger partial charge >= 0.3 is 0 Å². The quantitative estimate of drug-likeness (QED) is 0.857. The summed E-state index contributed by atoms with van der Waals surface area (Å²) in [6, 6.07) is 11.6. The Morgan fingerprint density at radius 1 is 1.29 bits per heavy atom. The van der Waals surface area contributed by atoms with Crippen LogP contribution in [0.1, 0.15) is 40.2 Å². The van der Waals surface area contributed by atoms with Crippen LogP contribution in [-0.4, -0.2) is 16.8 Å². The molecule has 2 aromatic rings. The lowest BCUT2D eigenvalue weighted by atomic mass is 10.1. The van der Waals surface area contributed by atoms with Crippen molar-refractivity contribution in [2.75, 3.05) is 0 Å². The first kappa shape index (κ1) is 15.3. The van der Waals surface area contributed by atoms with Gasteiger partial charge in [0.2, 0.25) is 0 Å². The second-order valence-corrected chi connectivity index (χ2v) is 6.18. The molecule has 4 heteroatoms. The lowest BCUT2D eigenvalue weighted by molar-refractivity contribution is 0.0695. The number of carbonyl (C=O) groups is 1. The number of nitrogens with zero attached hydrogens (tertiary/aromatic N) is 2. The summed E-state index contributed by atoms with van der Waals surface area (Å²) in [5, 5.41) is 10.8. The molecule has 0 bridgehead atoms. The predicted molar refractivity (Wildman–Crippen MR) is 85.2 cm³/mol. The molecule has 0 unspecified atom stereocenters. The van der Waals surface area contributed by atoms with Crippen LogP contribution in [0.25, 0.3) is 0 Å². The predicted octanol–water partition coefficient (Wildman–Crippen LogP) is 3.98. The third-order valence-electron chi connectivity index (χ3n) is 3.38. The van der Waals surface area contributed by atoms with Crippen LogP contribution in [-0.2, 0) is 6.54 Å². The molecule has 0 fully saturated rings. The Hall–Kier alpha value is -2.12. The summed E-state index contributed by atoms with van der Waals surface area (Å²) in [7, 11) is 0. The monoisotopic (exact) mass is 298 g/mol. The van der Waals surface area contributed by atoms with Gasteiger partial charge in [0.25, 0.3) is 5.91 Å². The van der Waals surface area contributed by atoms with Gasteiger partial charge in [-0.05, 0) is 55.5 Å². The van der Waals surface area contributed by atoms with Gasteiger partial charge < -0.3 is 4.90 Å². The van der Waals surface area contributed by atoms with Gasteiger partial charge in [0.1, 0.15) is 0 Å². The number of amides is 1. The van der Waals surface area contributed by atoms with Gasteiger partial charge in [-0.15, -0.1) is 11.3 Å². The molecule has 2 rings (SSSR count). The van der Waals surface area contributed by atoms with Crippen molar-refractivity contribution in [3.8, 4) is 6.07 Å². The lowest BCUT2D eigenvalue weighted by Crippen LogP contribution is -2.36. The number of thiophene rings is 1. The maximum absolute atomic E-state index is 12.7. The third-order valence-corrected chi connectivity index (χ3v) is 4.38. The van der Waals surface area contributed by atoms with Crippen molar-refractivity contribution >= 4 is 17.2 Å². The maximum atomic E-state index is 12.7. The number of carbonyl (C=O) groups excluding carboxylic acids is 1. The molecule has 3 nitrogen and oxygen atoms in total. The maximum Gasteiger partial charge on any atom is 0.264 e. The van der Waals surface area contributed by atoms with Crippen LogP contribution in [0.3, 0.4) is 0 Å². The highest BCUT2D eigenvalue weighted by Crippen LogP contribution is 2.21. The fourth-order valence-electron chi connectivity index (χ4n) is 2.09. The standard InChI is InChI=1S/C17H18N2OS/c1-12(2)19(17(20)16-13(3)8-9-21-16)11-15-6-4-14(10-18)5-7-15/h4-9,12H,11H2,1-3H3. The zero-order valence-corrected chi connectivity index (χ0v) is 13.3. The van der Waals surface area contributed by atoms with Crippen molar-refractivity contribution in [2.45, 2.75) is 33.4 Å². The first-order valence-electron chi connectivity index (χ1n) is 6.87. The fraction of sp³-hybridized carbons (Fsp3) is 0.294. The minimum atomic E-state index is 0.0712. The van der Waals surface area contributed by atoms with Gasteiger partial charge in [-0.1, -0.05) is 12.1 Å². The first-order valence-corrected chi connectivity index (χ1v) is 7.75. The summed E-state index contributed by atoms with van der Waals surface area (Å²) >= 11 is 1.49. The molecule has 1 aromatic carbocycles. The number of aryl methyl sites for hydroxylation is 1. The van der Waals surface area contributed by atoms with Gasteiger partial charge in [-0.25, -0.2) is 0 Å².